The highest BCUT2D eigenvalue weighted by molar-refractivity contribution is 6.32. The second kappa shape index (κ2) is 9.37. The van der Waals surface area contributed by atoms with E-state index in [1.807, 2.05) is 13.8 Å². The molecule has 2 N–H and O–H groups in total. The van der Waals surface area contributed by atoms with Crippen LogP contribution in [0.2, 0.25) is 5.02 Å². The van der Waals surface area contributed by atoms with Crippen molar-refractivity contribution in [1.29, 1.82) is 0 Å². The van der Waals surface area contributed by atoms with E-state index < -0.39 is 17.9 Å². The zero-order valence-corrected chi connectivity index (χ0v) is 15.1. The van der Waals surface area contributed by atoms with E-state index in [2.05, 4.69) is 5.32 Å². The Labute approximate surface area is 147 Å². The second-order valence-electron chi connectivity index (χ2n) is 5.60. The van der Waals surface area contributed by atoms with Crippen LogP contribution in [0.3, 0.4) is 0 Å². The van der Waals surface area contributed by atoms with Gasteiger partial charge in [-0.15, -0.1) is 0 Å². The lowest BCUT2D eigenvalue weighted by atomic mass is 10.0. The quantitative estimate of drug-likeness (QED) is 0.707. The molecule has 0 aliphatic heterocycles. The smallest absolute Gasteiger partial charge is 0.326 e. The van der Waals surface area contributed by atoms with Crippen molar-refractivity contribution in [3.63, 3.8) is 0 Å². The first-order valence-electron chi connectivity index (χ1n) is 7.94. The lowest BCUT2D eigenvalue weighted by Crippen LogP contribution is -2.44. The molecule has 1 unspecified atom stereocenters. The van der Waals surface area contributed by atoms with Gasteiger partial charge in [-0.2, -0.15) is 0 Å². The maximum absolute atomic E-state index is 12.4. The van der Waals surface area contributed by atoms with Gasteiger partial charge in [0.15, 0.2) is 11.5 Å². The van der Waals surface area contributed by atoms with Gasteiger partial charge in [-0.3, -0.25) is 4.79 Å². The van der Waals surface area contributed by atoms with E-state index in [0.717, 1.165) is 6.42 Å². The molecule has 1 atom stereocenters. The zero-order valence-electron chi connectivity index (χ0n) is 14.4. The third kappa shape index (κ3) is 5.30. The molecular formula is C17H24ClNO5. The van der Waals surface area contributed by atoms with E-state index in [9.17, 15) is 14.7 Å². The minimum atomic E-state index is -1.09. The summed E-state index contributed by atoms with van der Waals surface area (Å²) in [4.78, 5) is 23.6. The first-order chi connectivity index (χ1) is 11.3. The van der Waals surface area contributed by atoms with Crippen molar-refractivity contribution in [3.05, 3.63) is 22.7 Å². The highest BCUT2D eigenvalue weighted by Gasteiger charge is 2.25. The lowest BCUT2D eigenvalue weighted by molar-refractivity contribution is -0.140. The van der Waals surface area contributed by atoms with E-state index >= 15 is 0 Å². The Kier molecular flexibility index (Phi) is 7.85. The summed E-state index contributed by atoms with van der Waals surface area (Å²) in [5.74, 6) is -1.12. The van der Waals surface area contributed by atoms with Crippen LogP contribution in [0.5, 0.6) is 11.5 Å². The monoisotopic (exact) mass is 357 g/mol. The van der Waals surface area contributed by atoms with E-state index in [1.54, 1.807) is 13.8 Å². The molecule has 0 aliphatic rings. The molecule has 1 aromatic rings. The Hall–Kier alpha value is -1.95. The highest BCUT2D eigenvalue weighted by atomic mass is 35.5. The maximum atomic E-state index is 12.4. The maximum Gasteiger partial charge on any atom is 0.326 e. The van der Waals surface area contributed by atoms with Gasteiger partial charge in [0, 0.05) is 5.56 Å². The van der Waals surface area contributed by atoms with Crippen LogP contribution in [0, 0.1) is 5.92 Å². The molecule has 0 spiro atoms. The molecule has 1 amide bonds. The van der Waals surface area contributed by atoms with Crippen molar-refractivity contribution < 1.29 is 24.2 Å². The molecule has 0 aromatic heterocycles. The third-order valence-corrected chi connectivity index (χ3v) is 3.52. The number of carbonyl (C=O) groups is 2. The van der Waals surface area contributed by atoms with Gasteiger partial charge in [0.05, 0.1) is 18.2 Å². The Morgan fingerprint density at radius 2 is 1.92 bits per heavy atom. The van der Waals surface area contributed by atoms with Gasteiger partial charge < -0.3 is 19.9 Å². The van der Waals surface area contributed by atoms with Gasteiger partial charge in [-0.1, -0.05) is 32.4 Å². The molecule has 0 bridgehead atoms. The highest BCUT2D eigenvalue weighted by Crippen LogP contribution is 2.36. The van der Waals surface area contributed by atoms with Crippen molar-refractivity contribution in [2.75, 3.05) is 13.2 Å². The molecule has 6 nitrogen and oxygen atoms in total. The number of carboxylic acids is 1. The van der Waals surface area contributed by atoms with Crippen LogP contribution in [-0.4, -0.2) is 36.2 Å². The first-order valence-corrected chi connectivity index (χ1v) is 8.32. The summed E-state index contributed by atoms with van der Waals surface area (Å²) in [6, 6.07) is 1.97. The van der Waals surface area contributed by atoms with Crippen LogP contribution in [0.25, 0.3) is 0 Å². The predicted molar refractivity (Wildman–Crippen MR) is 92.1 cm³/mol. The third-order valence-electron chi connectivity index (χ3n) is 3.24. The minimum absolute atomic E-state index is 0.221. The van der Waals surface area contributed by atoms with Gasteiger partial charge >= 0.3 is 5.97 Å². The molecule has 0 radical (unpaired) electrons. The fraction of sp³-hybridized carbons (Fsp3) is 0.529. The number of aliphatic carboxylic acids is 1. The van der Waals surface area contributed by atoms with Crippen LogP contribution in [0.4, 0.5) is 0 Å². The van der Waals surface area contributed by atoms with Crippen molar-refractivity contribution in [1.82, 2.24) is 5.32 Å². The fourth-order valence-electron chi connectivity index (χ4n) is 2.04. The molecule has 0 heterocycles. The van der Waals surface area contributed by atoms with E-state index in [1.165, 1.54) is 12.1 Å². The number of halogens is 1. The average molecular weight is 358 g/mol. The molecular weight excluding hydrogens is 334 g/mol. The number of benzene rings is 1. The number of carbonyl (C=O) groups excluding carboxylic acids is 1. The van der Waals surface area contributed by atoms with Gasteiger partial charge in [0.2, 0.25) is 0 Å². The summed E-state index contributed by atoms with van der Waals surface area (Å²) in [5.41, 5.74) is 0.221. The molecule has 1 rings (SSSR count). The topological polar surface area (TPSA) is 84.9 Å². The van der Waals surface area contributed by atoms with Crippen LogP contribution in [0.1, 0.15) is 44.5 Å². The van der Waals surface area contributed by atoms with Crippen molar-refractivity contribution in [2.24, 2.45) is 5.92 Å². The minimum Gasteiger partial charge on any atom is -0.490 e. The van der Waals surface area contributed by atoms with Gasteiger partial charge in [-0.25, -0.2) is 4.79 Å². The Morgan fingerprint density at radius 1 is 1.25 bits per heavy atom. The van der Waals surface area contributed by atoms with Gasteiger partial charge in [0.25, 0.3) is 5.91 Å². The largest absolute Gasteiger partial charge is 0.490 e. The zero-order chi connectivity index (χ0) is 18.3. The number of hydrogen-bond donors (Lipinski definition) is 2. The van der Waals surface area contributed by atoms with Crippen LogP contribution >= 0.6 is 11.6 Å². The van der Waals surface area contributed by atoms with E-state index in [4.69, 9.17) is 21.1 Å². The van der Waals surface area contributed by atoms with Gasteiger partial charge in [0.1, 0.15) is 6.04 Å². The Bertz CT molecular complexity index is 589. The van der Waals surface area contributed by atoms with Crippen LogP contribution in [-0.2, 0) is 4.79 Å². The average Bonchev–Trinajstić information content (AvgIpc) is 2.51. The summed E-state index contributed by atoms with van der Waals surface area (Å²) < 4.78 is 11.1. The van der Waals surface area contributed by atoms with E-state index in [-0.39, 0.29) is 16.5 Å². The van der Waals surface area contributed by atoms with Gasteiger partial charge in [-0.05, 0) is 31.4 Å². The molecule has 134 valence electrons. The van der Waals surface area contributed by atoms with Crippen molar-refractivity contribution in [2.45, 2.75) is 40.2 Å². The Balaban J connectivity index is 3.10. The SMILES string of the molecule is CCCOc1c(Cl)cc(C(=O)NC(C(=O)O)C(C)C)cc1OCC. The molecule has 24 heavy (non-hydrogen) atoms. The van der Waals surface area contributed by atoms with Crippen molar-refractivity contribution in [3.8, 4) is 11.5 Å². The van der Waals surface area contributed by atoms with Crippen LogP contribution in [0.15, 0.2) is 12.1 Å². The van der Waals surface area contributed by atoms with Crippen LogP contribution < -0.4 is 14.8 Å². The summed E-state index contributed by atoms with van der Waals surface area (Å²) in [6.45, 7) is 8.07. The standard InChI is InChI=1S/C17H24ClNO5/c1-5-7-24-15-12(18)8-11(9-13(15)23-6-2)16(20)19-14(10(3)4)17(21)22/h8-10,14H,5-7H2,1-4H3,(H,19,20)(H,21,22). The number of hydrogen-bond acceptors (Lipinski definition) is 4. The normalized spacial score (nSPS) is 11.9. The number of ether oxygens (including phenoxy) is 2. The molecule has 7 heteroatoms. The van der Waals surface area contributed by atoms with E-state index in [0.29, 0.717) is 24.7 Å². The summed E-state index contributed by atoms with van der Waals surface area (Å²) >= 11 is 6.21. The molecule has 0 fully saturated rings. The number of nitrogens with one attached hydrogen (secondary N) is 1. The second-order valence-corrected chi connectivity index (χ2v) is 6.01. The number of amides is 1. The predicted octanol–water partition coefficient (Wildman–Crippen LogP) is 3.37. The molecule has 1 aromatic carbocycles. The summed E-state index contributed by atoms with van der Waals surface area (Å²) in [5, 5.41) is 11.9. The lowest BCUT2D eigenvalue weighted by Gasteiger charge is -2.19. The summed E-state index contributed by atoms with van der Waals surface area (Å²) in [7, 11) is 0. The molecule has 0 saturated heterocycles. The molecule has 0 saturated carbocycles. The number of rotatable bonds is 9. The number of carboxylic acid groups (broad SMARTS) is 1. The fourth-order valence-corrected chi connectivity index (χ4v) is 2.31. The first kappa shape index (κ1) is 20.1. The Morgan fingerprint density at radius 3 is 2.42 bits per heavy atom. The summed E-state index contributed by atoms with van der Waals surface area (Å²) in [6.07, 6.45) is 0.804. The molecule has 0 aliphatic carbocycles. The van der Waals surface area contributed by atoms with Crippen molar-refractivity contribution >= 4 is 23.5 Å².